The van der Waals surface area contributed by atoms with E-state index in [0.29, 0.717) is 16.6 Å². The molecule has 1 heterocycles. The Morgan fingerprint density at radius 3 is 2.74 bits per heavy atom. The van der Waals surface area contributed by atoms with Crippen LogP contribution >= 0.6 is 23.2 Å². The molecule has 0 bridgehead atoms. The molecule has 1 amide bonds. The molecule has 1 aromatic carbocycles. The van der Waals surface area contributed by atoms with Crippen LogP contribution in [-0.4, -0.2) is 33.0 Å². The van der Waals surface area contributed by atoms with Gasteiger partial charge in [0.05, 0.1) is 10.0 Å². The first kappa shape index (κ1) is 13.6. The highest BCUT2D eigenvalue weighted by molar-refractivity contribution is 6.42. The Kier molecular flexibility index (Phi) is 3.92. The van der Waals surface area contributed by atoms with Crippen LogP contribution in [0.3, 0.4) is 0 Å². The van der Waals surface area contributed by atoms with Gasteiger partial charge in [0.1, 0.15) is 0 Å². The number of hydrogen-bond acceptors (Lipinski definition) is 4. The van der Waals surface area contributed by atoms with Crippen molar-refractivity contribution in [2.24, 2.45) is 0 Å². The molecule has 0 radical (unpaired) electrons. The van der Waals surface area contributed by atoms with Gasteiger partial charge in [-0.2, -0.15) is 4.98 Å². The van der Waals surface area contributed by atoms with Gasteiger partial charge in [-0.15, -0.1) is 5.10 Å². The van der Waals surface area contributed by atoms with E-state index in [1.165, 1.54) is 4.90 Å². The standard InChI is InChI=1S/C11H11Cl2N5O/c1-18(10(19)9-15-11(14)17-16-9)5-6-2-3-7(12)8(13)4-6/h2-4H,5H2,1H3,(H3,14,15,16,17). The van der Waals surface area contributed by atoms with E-state index >= 15 is 0 Å². The molecule has 6 nitrogen and oxygen atoms in total. The summed E-state index contributed by atoms with van der Waals surface area (Å²) in [5, 5.41) is 7.00. The number of halogens is 2. The predicted octanol–water partition coefficient (Wildman–Crippen LogP) is 1.97. The molecule has 0 aliphatic heterocycles. The summed E-state index contributed by atoms with van der Waals surface area (Å²) in [4.78, 5) is 17.2. The van der Waals surface area contributed by atoms with Crippen LogP contribution in [0.15, 0.2) is 18.2 Å². The zero-order valence-electron chi connectivity index (χ0n) is 10.0. The molecule has 0 unspecified atom stereocenters. The maximum Gasteiger partial charge on any atom is 0.291 e. The van der Waals surface area contributed by atoms with Crippen molar-refractivity contribution in [3.05, 3.63) is 39.6 Å². The first-order valence-corrected chi connectivity index (χ1v) is 6.10. The summed E-state index contributed by atoms with van der Waals surface area (Å²) in [6, 6.07) is 5.19. The quantitative estimate of drug-likeness (QED) is 0.907. The summed E-state index contributed by atoms with van der Waals surface area (Å²) in [5.41, 5.74) is 6.21. The molecule has 0 spiro atoms. The van der Waals surface area contributed by atoms with Gasteiger partial charge in [-0.3, -0.25) is 9.89 Å². The van der Waals surface area contributed by atoms with Crippen LogP contribution in [0.2, 0.25) is 10.0 Å². The van der Waals surface area contributed by atoms with Crippen molar-refractivity contribution in [2.75, 3.05) is 12.8 Å². The molecule has 0 saturated heterocycles. The highest BCUT2D eigenvalue weighted by Gasteiger charge is 2.16. The van der Waals surface area contributed by atoms with E-state index in [1.807, 2.05) is 0 Å². The summed E-state index contributed by atoms with van der Waals surface area (Å²) in [5.74, 6) is -0.179. The van der Waals surface area contributed by atoms with Gasteiger partial charge >= 0.3 is 0 Å². The average Bonchev–Trinajstić information content (AvgIpc) is 2.79. The van der Waals surface area contributed by atoms with Crippen molar-refractivity contribution in [3.8, 4) is 0 Å². The highest BCUT2D eigenvalue weighted by Crippen LogP contribution is 2.23. The minimum absolute atomic E-state index is 0.0336. The summed E-state index contributed by atoms with van der Waals surface area (Å²) < 4.78 is 0. The largest absolute Gasteiger partial charge is 0.366 e. The Bertz CT molecular complexity index is 613. The predicted molar refractivity (Wildman–Crippen MR) is 73.1 cm³/mol. The maximum atomic E-state index is 12.0. The third kappa shape index (κ3) is 3.15. The number of aromatic nitrogens is 3. The molecule has 8 heteroatoms. The molecule has 3 N–H and O–H groups in total. The lowest BCUT2D eigenvalue weighted by Crippen LogP contribution is -2.27. The van der Waals surface area contributed by atoms with Gasteiger partial charge in [-0.1, -0.05) is 29.3 Å². The van der Waals surface area contributed by atoms with Crippen LogP contribution < -0.4 is 5.73 Å². The third-order valence-corrected chi connectivity index (χ3v) is 3.19. The van der Waals surface area contributed by atoms with Crippen LogP contribution in [-0.2, 0) is 6.54 Å². The molecule has 0 aliphatic carbocycles. The van der Waals surface area contributed by atoms with Gasteiger partial charge in [0.15, 0.2) is 0 Å². The number of benzene rings is 1. The highest BCUT2D eigenvalue weighted by atomic mass is 35.5. The van der Waals surface area contributed by atoms with Crippen molar-refractivity contribution in [1.29, 1.82) is 0 Å². The Labute approximate surface area is 119 Å². The van der Waals surface area contributed by atoms with Crippen LogP contribution in [0.4, 0.5) is 5.95 Å². The molecule has 19 heavy (non-hydrogen) atoms. The van der Waals surface area contributed by atoms with Gasteiger partial charge in [0.2, 0.25) is 11.8 Å². The fourth-order valence-corrected chi connectivity index (χ4v) is 1.86. The molecule has 0 saturated carbocycles. The number of nitrogens with zero attached hydrogens (tertiary/aromatic N) is 3. The molecule has 1 aromatic heterocycles. The normalized spacial score (nSPS) is 10.5. The van der Waals surface area contributed by atoms with E-state index in [1.54, 1.807) is 25.2 Å². The molecule has 2 aromatic rings. The maximum absolute atomic E-state index is 12.0. The van der Waals surface area contributed by atoms with Crippen molar-refractivity contribution in [2.45, 2.75) is 6.54 Å². The van der Waals surface area contributed by atoms with Gasteiger partial charge in [-0.25, -0.2) is 0 Å². The number of hydrogen-bond donors (Lipinski definition) is 2. The van der Waals surface area contributed by atoms with Crippen LogP contribution in [0, 0.1) is 0 Å². The van der Waals surface area contributed by atoms with Crippen molar-refractivity contribution in [1.82, 2.24) is 20.1 Å². The van der Waals surface area contributed by atoms with Crippen LogP contribution in [0.25, 0.3) is 0 Å². The SMILES string of the molecule is CN(Cc1ccc(Cl)c(Cl)c1)C(=O)c1nc(N)n[nH]1. The Morgan fingerprint density at radius 2 is 2.16 bits per heavy atom. The van der Waals surface area contributed by atoms with Crippen molar-refractivity contribution in [3.63, 3.8) is 0 Å². The minimum atomic E-state index is -0.310. The molecular formula is C11H11Cl2N5O. The van der Waals surface area contributed by atoms with Crippen LogP contribution in [0.1, 0.15) is 16.2 Å². The molecule has 0 fully saturated rings. The third-order valence-electron chi connectivity index (χ3n) is 2.46. The lowest BCUT2D eigenvalue weighted by atomic mass is 10.2. The minimum Gasteiger partial charge on any atom is -0.366 e. The summed E-state index contributed by atoms with van der Waals surface area (Å²) >= 11 is 11.7. The molecule has 100 valence electrons. The fraction of sp³-hybridized carbons (Fsp3) is 0.182. The lowest BCUT2D eigenvalue weighted by Gasteiger charge is -2.15. The zero-order chi connectivity index (χ0) is 14.0. The van der Waals surface area contributed by atoms with Gasteiger partial charge in [0.25, 0.3) is 5.91 Å². The number of amides is 1. The van der Waals surface area contributed by atoms with Crippen LogP contribution in [0.5, 0.6) is 0 Å². The summed E-state index contributed by atoms with van der Waals surface area (Å²) in [6.07, 6.45) is 0. The topological polar surface area (TPSA) is 87.9 Å². The monoisotopic (exact) mass is 299 g/mol. The number of aromatic amines is 1. The molecule has 0 aliphatic rings. The Hall–Kier alpha value is -1.79. The van der Waals surface area contributed by atoms with E-state index in [2.05, 4.69) is 15.2 Å². The van der Waals surface area contributed by atoms with E-state index in [0.717, 1.165) is 5.56 Å². The summed E-state index contributed by atoms with van der Waals surface area (Å²) in [7, 11) is 1.64. The van der Waals surface area contributed by atoms with E-state index < -0.39 is 0 Å². The average molecular weight is 300 g/mol. The van der Waals surface area contributed by atoms with Gasteiger partial charge in [0, 0.05) is 13.6 Å². The second kappa shape index (κ2) is 5.46. The zero-order valence-corrected chi connectivity index (χ0v) is 11.5. The first-order valence-electron chi connectivity index (χ1n) is 5.34. The smallest absolute Gasteiger partial charge is 0.291 e. The number of nitrogens with two attached hydrogens (primary N) is 1. The number of nitrogens with one attached hydrogen (secondary N) is 1. The van der Waals surface area contributed by atoms with Gasteiger partial charge < -0.3 is 10.6 Å². The Morgan fingerprint density at radius 1 is 1.42 bits per heavy atom. The van der Waals surface area contributed by atoms with Gasteiger partial charge in [-0.05, 0) is 17.7 Å². The number of anilines is 1. The van der Waals surface area contributed by atoms with Crippen molar-refractivity contribution < 1.29 is 4.79 Å². The number of carbonyl (C=O) groups is 1. The second-order valence-corrected chi connectivity index (χ2v) is 4.77. The number of H-pyrrole nitrogens is 1. The molecule has 2 rings (SSSR count). The number of nitrogen functional groups attached to an aromatic ring is 1. The molecule has 0 atom stereocenters. The lowest BCUT2D eigenvalue weighted by molar-refractivity contribution is 0.0773. The Balaban J connectivity index is 2.10. The number of rotatable bonds is 3. The van der Waals surface area contributed by atoms with Crippen molar-refractivity contribution >= 4 is 35.1 Å². The fourth-order valence-electron chi connectivity index (χ4n) is 1.53. The molecular weight excluding hydrogens is 289 g/mol. The first-order chi connectivity index (χ1) is 8.97. The summed E-state index contributed by atoms with van der Waals surface area (Å²) in [6.45, 7) is 0.371. The number of carbonyl (C=O) groups excluding carboxylic acids is 1. The van der Waals surface area contributed by atoms with E-state index in [4.69, 9.17) is 28.9 Å². The second-order valence-electron chi connectivity index (χ2n) is 3.95. The van der Waals surface area contributed by atoms with E-state index in [-0.39, 0.29) is 17.7 Å². The van der Waals surface area contributed by atoms with E-state index in [9.17, 15) is 4.79 Å².